The van der Waals surface area contributed by atoms with Gasteiger partial charge >= 0.3 is 0 Å². The number of aromatic nitrogens is 6. The SMILES string of the molecule is COCCn1nnnc1[C@H](c1ccc(OC)cc1)N1CCN(c2ncccn2)CC1. The van der Waals surface area contributed by atoms with Gasteiger partial charge in [0, 0.05) is 45.7 Å². The Morgan fingerprint density at radius 2 is 1.73 bits per heavy atom. The van der Waals surface area contributed by atoms with E-state index < -0.39 is 0 Å². The largest absolute Gasteiger partial charge is 0.497 e. The lowest BCUT2D eigenvalue weighted by molar-refractivity contribution is 0.171. The van der Waals surface area contributed by atoms with Gasteiger partial charge in [0.15, 0.2) is 5.82 Å². The monoisotopic (exact) mass is 410 g/mol. The first-order chi connectivity index (χ1) is 14.8. The average molecular weight is 410 g/mol. The summed E-state index contributed by atoms with van der Waals surface area (Å²) in [5.74, 6) is 2.40. The van der Waals surface area contributed by atoms with Crippen molar-refractivity contribution < 1.29 is 9.47 Å². The highest BCUT2D eigenvalue weighted by Gasteiger charge is 2.31. The van der Waals surface area contributed by atoms with Gasteiger partial charge in [-0.25, -0.2) is 14.6 Å². The molecule has 0 bridgehead atoms. The summed E-state index contributed by atoms with van der Waals surface area (Å²) < 4.78 is 12.4. The maximum absolute atomic E-state index is 5.33. The molecule has 0 saturated carbocycles. The van der Waals surface area contributed by atoms with E-state index in [0.717, 1.165) is 49.3 Å². The molecule has 10 nitrogen and oxygen atoms in total. The fourth-order valence-corrected chi connectivity index (χ4v) is 3.69. The summed E-state index contributed by atoms with van der Waals surface area (Å²) in [5.41, 5.74) is 1.12. The van der Waals surface area contributed by atoms with Crippen molar-refractivity contribution in [1.29, 1.82) is 0 Å². The molecule has 4 rings (SSSR count). The lowest BCUT2D eigenvalue weighted by Crippen LogP contribution is -2.49. The Morgan fingerprint density at radius 3 is 2.40 bits per heavy atom. The van der Waals surface area contributed by atoms with Crippen molar-refractivity contribution >= 4 is 5.95 Å². The van der Waals surface area contributed by atoms with E-state index in [1.165, 1.54) is 0 Å². The maximum atomic E-state index is 5.33. The van der Waals surface area contributed by atoms with Gasteiger partial charge in [-0.3, -0.25) is 4.90 Å². The molecule has 1 fully saturated rings. The Kier molecular flexibility index (Phi) is 6.45. The van der Waals surface area contributed by atoms with Crippen LogP contribution in [0.15, 0.2) is 42.7 Å². The van der Waals surface area contributed by atoms with Crippen molar-refractivity contribution in [2.75, 3.05) is 51.9 Å². The Labute approximate surface area is 175 Å². The van der Waals surface area contributed by atoms with E-state index in [1.54, 1.807) is 26.6 Å². The second-order valence-corrected chi connectivity index (χ2v) is 7.00. The van der Waals surface area contributed by atoms with Crippen LogP contribution in [0.1, 0.15) is 17.4 Å². The van der Waals surface area contributed by atoms with Gasteiger partial charge in [0.2, 0.25) is 5.95 Å². The molecule has 0 aliphatic carbocycles. The number of hydrogen-bond donors (Lipinski definition) is 0. The molecule has 1 aliphatic rings. The second kappa shape index (κ2) is 9.59. The van der Waals surface area contributed by atoms with Crippen LogP contribution >= 0.6 is 0 Å². The number of ether oxygens (including phenoxy) is 2. The number of nitrogens with zero attached hydrogens (tertiary/aromatic N) is 8. The molecule has 0 unspecified atom stereocenters. The smallest absolute Gasteiger partial charge is 0.225 e. The quantitative estimate of drug-likeness (QED) is 0.540. The molecule has 3 aromatic rings. The number of anilines is 1. The molecule has 3 heterocycles. The lowest BCUT2D eigenvalue weighted by Gasteiger charge is -2.38. The number of tetrazole rings is 1. The van der Waals surface area contributed by atoms with Crippen molar-refractivity contribution in [2.45, 2.75) is 12.6 Å². The first-order valence-corrected chi connectivity index (χ1v) is 9.95. The minimum atomic E-state index is -0.0680. The Bertz CT molecular complexity index is 910. The number of piperazine rings is 1. The van der Waals surface area contributed by atoms with Gasteiger partial charge in [-0.2, -0.15) is 0 Å². The maximum Gasteiger partial charge on any atom is 0.225 e. The van der Waals surface area contributed by atoms with Crippen molar-refractivity contribution in [3.8, 4) is 5.75 Å². The standard InChI is InChI=1S/C20H26N8O2/c1-29-15-14-28-19(23-24-25-28)18(16-4-6-17(30-2)7-5-16)26-10-12-27(13-11-26)20-21-8-3-9-22-20/h3-9,18H,10-15H2,1-2H3/t18-/m0/s1. The predicted molar refractivity (Wildman–Crippen MR) is 110 cm³/mol. The molecule has 10 heteroatoms. The van der Waals surface area contributed by atoms with Crippen LogP contribution in [0.3, 0.4) is 0 Å². The number of benzene rings is 1. The normalized spacial score (nSPS) is 15.9. The molecule has 0 spiro atoms. The van der Waals surface area contributed by atoms with E-state index in [4.69, 9.17) is 9.47 Å². The summed E-state index contributed by atoms with van der Waals surface area (Å²) in [6, 6.07) is 9.86. The van der Waals surface area contributed by atoms with Gasteiger partial charge < -0.3 is 14.4 Å². The number of hydrogen-bond acceptors (Lipinski definition) is 9. The summed E-state index contributed by atoms with van der Waals surface area (Å²) in [5, 5.41) is 12.5. The van der Waals surface area contributed by atoms with E-state index in [2.05, 4.69) is 47.4 Å². The highest BCUT2D eigenvalue weighted by molar-refractivity contribution is 5.33. The Morgan fingerprint density at radius 1 is 1.00 bits per heavy atom. The molecule has 1 atom stereocenters. The topological polar surface area (TPSA) is 94.3 Å². The Balaban J connectivity index is 1.59. The summed E-state index contributed by atoms with van der Waals surface area (Å²) in [7, 11) is 3.35. The minimum absolute atomic E-state index is 0.0680. The van der Waals surface area contributed by atoms with Crippen LogP contribution in [0.4, 0.5) is 5.95 Å². The molecule has 0 radical (unpaired) electrons. The van der Waals surface area contributed by atoms with Crippen molar-refractivity contribution in [3.05, 3.63) is 54.1 Å². The van der Waals surface area contributed by atoms with Gasteiger partial charge in [0.25, 0.3) is 0 Å². The summed E-state index contributed by atoms with van der Waals surface area (Å²) in [4.78, 5) is 13.4. The summed E-state index contributed by atoms with van der Waals surface area (Å²) >= 11 is 0. The van der Waals surface area contributed by atoms with Crippen LogP contribution in [0.25, 0.3) is 0 Å². The van der Waals surface area contributed by atoms with Crippen LogP contribution in [0.5, 0.6) is 5.75 Å². The number of methoxy groups -OCH3 is 2. The third-order valence-electron chi connectivity index (χ3n) is 5.26. The van der Waals surface area contributed by atoms with Gasteiger partial charge in [-0.1, -0.05) is 12.1 Å². The molecule has 1 saturated heterocycles. The number of rotatable bonds is 8. The molecule has 0 amide bonds. The third kappa shape index (κ3) is 4.39. The zero-order valence-electron chi connectivity index (χ0n) is 17.3. The fourth-order valence-electron chi connectivity index (χ4n) is 3.69. The third-order valence-corrected chi connectivity index (χ3v) is 5.26. The molecule has 1 aromatic carbocycles. The lowest BCUT2D eigenvalue weighted by atomic mass is 10.0. The van der Waals surface area contributed by atoms with E-state index >= 15 is 0 Å². The molecule has 2 aromatic heterocycles. The molecular formula is C20H26N8O2. The fraction of sp³-hybridized carbons (Fsp3) is 0.450. The van der Waals surface area contributed by atoms with E-state index in [0.29, 0.717) is 13.2 Å². The first-order valence-electron chi connectivity index (χ1n) is 9.95. The van der Waals surface area contributed by atoms with Crippen molar-refractivity contribution in [1.82, 2.24) is 35.1 Å². The summed E-state index contributed by atoms with van der Waals surface area (Å²) in [6.45, 7) is 4.49. The van der Waals surface area contributed by atoms with Gasteiger partial charge in [-0.05, 0) is 34.2 Å². The van der Waals surface area contributed by atoms with Crippen LogP contribution in [-0.2, 0) is 11.3 Å². The highest BCUT2D eigenvalue weighted by atomic mass is 16.5. The van der Waals surface area contributed by atoms with Gasteiger partial charge in [-0.15, -0.1) is 5.10 Å². The van der Waals surface area contributed by atoms with Crippen LogP contribution in [0, 0.1) is 0 Å². The van der Waals surface area contributed by atoms with Crippen molar-refractivity contribution in [2.24, 2.45) is 0 Å². The molecule has 0 N–H and O–H groups in total. The zero-order chi connectivity index (χ0) is 20.8. The second-order valence-electron chi connectivity index (χ2n) is 7.00. The van der Waals surface area contributed by atoms with E-state index in [9.17, 15) is 0 Å². The van der Waals surface area contributed by atoms with E-state index in [-0.39, 0.29) is 6.04 Å². The summed E-state index contributed by atoms with van der Waals surface area (Å²) in [6.07, 6.45) is 3.55. The van der Waals surface area contributed by atoms with Crippen LogP contribution in [0.2, 0.25) is 0 Å². The zero-order valence-corrected chi connectivity index (χ0v) is 17.3. The molecule has 1 aliphatic heterocycles. The van der Waals surface area contributed by atoms with Crippen LogP contribution < -0.4 is 9.64 Å². The minimum Gasteiger partial charge on any atom is -0.497 e. The molecule has 158 valence electrons. The molecule has 30 heavy (non-hydrogen) atoms. The molecular weight excluding hydrogens is 384 g/mol. The van der Waals surface area contributed by atoms with Crippen LogP contribution in [-0.4, -0.2) is 82.1 Å². The highest BCUT2D eigenvalue weighted by Crippen LogP contribution is 2.29. The average Bonchev–Trinajstić information content (AvgIpc) is 3.27. The van der Waals surface area contributed by atoms with E-state index in [1.807, 2.05) is 22.9 Å². The van der Waals surface area contributed by atoms with Gasteiger partial charge in [0.1, 0.15) is 5.75 Å². The first kappa shape index (κ1) is 20.2. The van der Waals surface area contributed by atoms with Crippen molar-refractivity contribution in [3.63, 3.8) is 0 Å². The van der Waals surface area contributed by atoms with Gasteiger partial charge in [0.05, 0.1) is 26.3 Å². The predicted octanol–water partition coefficient (Wildman–Crippen LogP) is 1.03. The Hall–Kier alpha value is -3.11.